The van der Waals surface area contributed by atoms with E-state index < -0.39 is 5.60 Å². The van der Waals surface area contributed by atoms with E-state index >= 15 is 0 Å². The number of rotatable bonds is 2. The fraction of sp³-hybridized carbons (Fsp3) is 0.400. The molecule has 1 aromatic rings. The van der Waals surface area contributed by atoms with Crippen molar-refractivity contribution in [3.63, 3.8) is 0 Å². The van der Waals surface area contributed by atoms with Crippen molar-refractivity contribution < 1.29 is 57.9 Å². The Morgan fingerprint density at radius 2 is 1.75 bits per heavy atom. The van der Waals surface area contributed by atoms with Gasteiger partial charge in [-0.3, -0.25) is 0 Å². The van der Waals surface area contributed by atoms with Crippen LogP contribution in [-0.4, -0.2) is 10.7 Å². The van der Waals surface area contributed by atoms with E-state index in [1.807, 2.05) is 44.2 Å². The van der Waals surface area contributed by atoms with Gasteiger partial charge in [-0.25, -0.2) is 0 Å². The predicted molar refractivity (Wildman–Crippen MR) is 47.6 cm³/mol. The fourth-order valence-electron chi connectivity index (χ4n) is 1.10. The summed E-state index contributed by atoms with van der Waals surface area (Å²) in [5, 5.41) is 9.47. The van der Waals surface area contributed by atoms with E-state index in [1.54, 1.807) is 0 Å². The number of hydrogen-bond acceptors (Lipinski definition) is 1. The van der Waals surface area contributed by atoms with Gasteiger partial charge in [0.25, 0.3) is 0 Å². The van der Waals surface area contributed by atoms with Crippen molar-refractivity contribution in [1.29, 1.82) is 0 Å². The molecular weight excluding hydrogens is 175 g/mol. The van der Waals surface area contributed by atoms with E-state index in [4.69, 9.17) is 0 Å². The Labute approximate surface area is 118 Å². The van der Waals surface area contributed by atoms with E-state index in [2.05, 4.69) is 0 Å². The quantitative estimate of drug-likeness (QED) is 0.600. The molecule has 0 bridgehead atoms. The van der Waals surface area contributed by atoms with E-state index in [1.165, 1.54) is 5.56 Å². The van der Waals surface area contributed by atoms with Gasteiger partial charge in [-0.2, -0.15) is 0 Å². The van der Waals surface area contributed by atoms with Gasteiger partial charge in [0.2, 0.25) is 0 Å². The molecule has 0 radical (unpaired) electrons. The molecule has 0 spiro atoms. The monoisotopic (exact) mass is 190 g/mol. The molecule has 1 N–H and O–H groups in total. The Morgan fingerprint density at radius 1 is 1.25 bits per heavy atom. The summed E-state index contributed by atoms with van der Waals surface area (Å²) < 4.78 is 0. The summed E-state index contributed by atoms with van der Waals surface area (Å²) in [4.78, 5) is 0. The molecule has 0 saturated carbocycles. The molecule has 1 aromatic carbocycles. The molecule has 0 heterocycles. The van der Waals surface area contributed by atoms with E-state index in [0.717, 1.165) is 0 Å². The van der Waals surface area contributed by atoms with Crippen molar-refractivity contribution >= 4 is 0 Å². The van der Waals surface area contributed by atoms with Crippen LogP contribution < -0.4 is 51.4 Å². The third-order valence-corrected chi connectivity index (χ3v) is 1.48. The summed E-state index contributed by atoms with van der Waals surface area (Å²) in [5.41, 5.74) is 0.585. The Bertz CT molecular complexity index is 218. The summed E-state index contributed by atoms with van der Waals surface area (Å²) in [6.45, 7) is 3.64. The van der Waals surface area contributed by atoms with Crippen LogP contribution in [0, 0.1) is 0 Å². The average Bonchev–Trinajstić information content (AvgIpc) is 1.85. The van der Waals surface area contributed by atoms with Crippen LogP contribution in [0.4, 0.5) is 0 Å². The second-order valence-corrected chi connectivity index (χ2v) is 3.47. The molecule has 0 amide bonds. The largest absolute Gasteiger partial charge is 1.00 e. The van der Waals surface area contributed by atoms with Crippen molar-refractivity contribution in [1.82, 2.24) is 0 Å². The van der Waals surface area contributed by atoms with Gasteiger partial charge in [0.05, 0.1) is 5.60 Å². The Balaban J connectivity index is 0. The van der Waals surface area contributed by atoms with Gasteiger partial charge in [0.1, 0.15) is 0 Å². The molecule has 0 unspecified atom stereocenters. The van der Waals surface area contributed by atoms with E-state index in [-0.39, 0.29) is 52.8 Å². The molecular formula is C10H15KO. The Kier molecular flexibility index (Phi) is 5.90. The summed E-state index contributed by atoms with van der Waals surface area (Å²) >= 11 is 0. The standard InChI is InChI=1S/C10H14O.K.H/c1-10(2,11)8-9-6-4-3-5-7-9;;/h3-7,11H,8H2,1-2H3;;/q;+1;-1. The minimum atomic E-state index is -0.596. The third kappa shape index (κ3) is 5.46. The topological polar surface area (TPSA) is 20.2 Å². The minimum absolute atomic E-state index is 0. The van der Waals surface area contributed by atoms with Crippen LogP contribution in [0.25, 0.3) is 0 Å². The smallest absolute Gasteiger partial charge is 1.00 e. The van der Waals surface area contributed by atoms with Crippen LogP contribution in [0.2, 0.25) is 0 Å². The number of hydrogen-bond donors (Lipinski definition) is 1. The number of aliphatic hydroxyl groups is 1. The second kappa shape index (κ2) is 5.53. The Hall–Kier alpha value is 0.816. The van der Waals surface area contributed by atoms with E-state index in [0.29, 0.717) is 6.42 Å². The van der Waals surface area contributed by atoms with Crippen LogP contribution in [0.15, 0.2) is 30.3 Å². The van der Waals surface area contributed by atoms with Gasteiger partial charge < -0.3 is 6.53 Å². The third-order valence-electron chi connectivity index (χ3n) is 1.48. The van der Waals surface area contributed by atoms with Gasteiger partial charge in [0.15, 0.2) is 0 Å². The zero-order valence-corrected chi connectivity index (χ0v) is 11.2. The van der Waals surface area contributed by atoms with Crippen molar-refractivity contribution in [2.75, 3.05) is 0 Å². The van der Waals surface area contributed by atoms with Gasteiger partial charge in [-0.1, -0.05) is 30.3 Å². The first kappa shape index (κ1) is 12.8. The zero-order chi connectivity index (χ0) is 8.32. The first-order valence-electron chi connectivity index (χ1n) is 3.84. The van der Waals surface area contributed by atoms with Crippen LogP contribution in [0.5, 0.6) is 0 Å². The average molecular weight is 190 g/mol. The molecule has 0 aliphatic rings. The molecule has 0 atom stereocenters. The summed E-state index contributed by atoms with van der Waals surface area (Å²) in [6, 6.07) is 10.0. The first-order valence-corrected chi connectivity index (χ1v) is 3.84. The molecule has 0 aromatic heterocycles. The molecule has 1 rings (SSSR count). The second-order valence-electron chi connectivity index (χ2n) is 3.47. The molecule has 0 aliphatic carbocycles. The maximum atomic E-state index is 9.47. The minimum Gasteiger partial charge on any atom is -1.00 e. The summed E-state index contributed by atoms with van der Waals surface area (Å²) in [5.74, 6) is 0. The fourth-order valence-corrected chi connectivity index (χ4v) is 1.10. The van der Waals surface area contributed by atoms with Crippen LogP contribution in [0.3, 0.4) is 0 Å². The van der Waals surface area contributed by atoms with Crippen molar-refractivity contribution in [3.05, 3.63) is 35.9 Å². The van der Waals surface area contributed by atoms with Crippen LogP contribution in [-0.2, 0) is 6.42 Å². The van der Waals surface area contributed by atoms with Crippen LogP contribution >= 0.6 is 0 Å². The molecule has 0 fully saturated rings. The van der Waals surface area contributed by atoms with Crippen LogP contribution in [0.1, 0.15) is 20.8 Å². The molecule has 0 saturated heterocycles. The summed E-state index contributed by atoms with van der Waals surface area (Å²) in [6.07, 6.45) is 0.716. The van der Waals surface area contributed by atoms with Gasteiger partial charge in [-0.05, 0) is 19.4 Å². The van der Waals surface area contributed by atoms with Crippen molar-refractivity contribution in [2.45, 2.75) is 25.9 Å². The SMILES string of the molecule is CC(C)(O)Cc1ccccc1.[H-].[K+]. The molecule has 0 aliphatic heterocycles. The first-order chi connectivity index (χ1) is 5.08. The molecule has 2 heteroatoms. The molecule has 62 valence electrons. The number of benzene rings is 1. The molecule has 1 nitrogen and oxygen atoms in total. The zero-order valence-electron chi connectivity index (χ0n) is 9.04. The van der Waals surface area contributed by atoms with Gasteiger partial charge in [0, 0.05) is 6.42 Å². The predicted octanol–water partition coefficient (Wildman–Crippen LogP) is -0.884. The Morgan fingerprint density at radius 3 is 2.17 bits per heavy atom. The van der Waals surface area contributed by atoms with E-state index in [9.17, 15) is 5.11 Å². The van der Waals surface area contributed by atoms with Crippen molar-refractivity contribution in [3.8, 4) is 0 Å². The molecule has 12 heavy (non-hydrogen) atoms. The normalized spacial score (nSPS) is 10.6. The van der Waals surface area contributed by atoms with Gasteiger partial charge >= 0.3 is 51.4 Å². The maximum Gasteiger partial charge on any atom is 1.00 e. The maximum absolute atomic E-state index is 9.47. The summed E-state index contributed by atoms with van der Waals surface area (Å²) in [7, 11) is 0. The van der Waals surface area contributed by atoms with Crippen molar-refractivity contribution in [2.24, 2.45) is 0 Å². The van der Waals surface area contributed by atoms with Gasteiger partial charge in [-0.15, -0.1) is 0 Å².